The third-order valence-electron chi connectivity index (χ3n) is 7.05. The molecule has 0 aliphatic heterocycles. The van der Waals surface area contributed by atoms with Gasteiger partial charge in [0.05, 0.1) is 16.1 Å². The molecule has 5 aromatic rings. The second-order valence-corrected chi connectivity index (χ2v) is 13.9. The smallest absolute Gasteiger partial charge is 0.351 e. The first-order valence-corrected chi connectivity index (χ1v) is 16.2. The number of nitrogens with zero attached hydrogens (tertiary/aromatic N) is 2. The van der Waals surface area contributed by atoms with Crippen molar-refractivity contribution >= 4 is 68.4 Å². The first kappa shape index (κ1) is 28.6. The minimum absolute atomic E-state index is 0.0211. The highest BCUT2D eigenvalue weighted by atomic mass is 35.5. The summed E-state index contributed by atoms with van der Waals surface area (Å²) in [7, 11) is -9.87. The van der Waals surface area contributed by atoms with Gasteiger partial charge < -0.3 is 14.2 Å². The molecule has 1 aromatic heterocycles. The zero-order valence-corrected chi connectivity index (χ0v) is 24.7. The Bertz CT molecular complexity index is 1850. The summed E-state index contributed by atoms with van der Waals surface area (Å²) in [6, 6.07) is 21.3. The molecule has 0 aliphatic carbocycles. The maximum Gasteiger partial charge on any atom is 0.351 e. The number of oxazole rings is 1. The Kier molecular flexibility index (Phi) is 7.50. The number of halogens is 2. The predicted octanol–water partition coefficient (Wildman–Crippen LogP) is 7.84. The molecule has 0 aliphatic rings. The molecule has 0 radical (unpaired) electrons. The fraction of sp³-hybridized carbons (Fsp3) is 0.179. The normalized spacial score (nSPS) is 12.8. The molecule has 8 nitrogen and oxygen atoms in total. The summed E-state index contributed by atoms with van der Waals surface area (Å²) >= 11 is 12.4. The molecule has 1 heterocycles. The van der Waals surface area contributed by atoms with Gasteiger partial charge in [0.1, 0.15) is 5.52 Å². The number of fused-ring (bicyclic) bond motifs is 2. The van der Waals surface area contributed by atoms with Crippen LogP contribution in [0.3, 0.4) is 0 Å². The molecule has 2 N–H and O–H groups in total. The topological polar surface area (TPSA) is 121 Å². The van der Waals surface area contributed by atoms with Gasteiger partial charge in [0.2, 0.25) is 5.89 Å². The van der Waals surface area contributed by atoms with E-state index < -0.39 is 22.9 Å². The second-order valence-electron chi connectivity index (χ2n) is 9.28. The molecule has 0 saturated heterocycles. The van der Waals surface area contributed by atoms with Crippen molar-refractivity contribution in [3.05, 3.63) is 88.9 Å². The molecule has 0 atom stereocenters. The van der Waals surface area contributed by atoms with Crippen LogP contribution in [-0.4, -0.2) is 28.5 Å². The van der Waals surface area contributed by atoms with Gasteiger partial charge in [0.15, 0.2) is 10.9 Å². The Morgan fingerprint density at radius 3 is 2.17 bits per heavy atom. The summed E-state index contributed by atoms with van der Waals surface area (Å²) in [5.41, 5.74) is 1.28. The van der Waals surface area contributed by atoms with E-state index in [2.05, 4.69) is 4.98 Å². The van der Waals surface area contributed by atoms with Crippen molar-refractivity contribution < 1.29 is 27.2 Å². The molecular weight excluding hydrogens is 594 g/mol. The van der Waals surface area contributed by atoms with Gasteiger partial charge in [-0.05, 0) is 54.6 Å². The SMILES string of the molecule is CCC(CC)(N(c1c(-c2nc3ccccc3o2)ccc2ccccc12)S(=O)(=O)c1cc(Cl)cc(Cl)c1)P(=O)(O)O. The van der Waals surface area contributed by atoms with Gasteiger partial charge in [-0.2, -0.15) is 0 Å². The Hall–Kier alpha value is -2.91. The summed E-state index contributed by atoms with van der Waals surface area (Å²) in [6.07, 6.45) is -0.422. The third kappa shape index (κ3) is 4.71. The van der Waals surface area contributed by atoms with Crippen LogP contribution in [0.1, 0.15) is 26.7 Å². The van der Waals surface area contributed by atoms with Gasteiger partial charge in [0, 0.05) is 15.4 Å². The second kappa shape index (κ2) is 10.5. The van der Waals surface area contributed by atoms with Crippen molar-refractivity contribution in [2.75, 3.05) is 4.31 Å². The first-order chi connectivity index (χ1) is 18.9. The monoisotopic (exact) mass is 618 g/mol. The number of benzene rings is 4. The number of sulfonamides is 1. The zero-order chi connectivity index (χ0) is 28.9. The summed E-state index contributed by atoms with van der Waals surface area (Å²) in [6.45, 7) is 3.08. The molecule has 4 aromatic carbocycles. The highest BCUT2D eigenvalue weighted by molar-refractivity contribution is 7.93. The molecule has 0 fully saturated rings. The van der Waals surface area contributed by atoms with Crippen LogP contribution < -0.4 is 4.31 Å². The van der Waals surface area contributed by atoms with Gasteiger partial charge in [-0.25, -0.2) is 17.7 Å². The molecule has 12 heteroatoms. The van der Waals surface area contributed by atoms with Crippen LogP contribution >= 0.6 is 30.8 Å². The number of hydrogen-bond donors (Lipinski definition) is 2. The largest absolute Gasteiger partial charge is 0.436 e. The molecule has 0 bridgehead atoms. The molecular formula is C28H25Cl2N2O6PS. The predicted molar refractivity (Wildman–Crippen MR) is 158 cm³/mol. The Morgan fingerprint density at radius 2 is 1.55 bits per heavy atom. The van der Waals surface area contributed by atoms with Crippen molar-refractivity contribution in [1.29, 1.82) is 0 Å². The lowest BCUT2D eigenvalue weighted by molar-refractivity contribution is 0.317. The van der Waals surface area contributed by atoms with E-state index in [-0.39, 0.29) is 44.9 Å². The zero-order valence-electron chi connectivity index (χ0n) is 21.5. The van der Waals surface area contributed by atoms with E-state index in [1.165, 1.54) is 18.2 Å². The molecule has 40 heavy (non-hydrogen) atoms. The van der Waals surface area contributed by atoms with Gasteiger partial charge in [-0.3, -0.25) is 4.57 Å². The molecule has 5 rings (SSSR count). The van der Waals surface area contributed by atoms with Crippen molar-refractivity contribution in [2.24, 2.45) is 0 Å². The Morgan fingerprint density at radius 1 is 0.925 bits per heavy atom. The van der Waals surface area contributed by atoms with E-state index in [1.54, 1.807) is 74.5 Å². The number of rotatable bonds is 8. The first-order valence-electron chi connectivity index (χ1n) is 12.4. The minimum Gasteiger partial charge on any atom is -0.436 e. The highest BCUT2D eigenvalue weighted by Crippen LogP contribution is 2.60. The van der Waals surface area contributed by atoms with Crippen LogP contribution in [0, 0.1) is 0 Å². The molecule has 0 saturated carbocycles. The Balaban J connectivity index is 1.97. The van der Waals surface area contributed by atoms with Crippen LogP contribution in [-0.2, 0) is 14.6 Å². The molecule has 0 unspecified atom stereocenters. The van der Waals surface area contributed by atoms with Crippen molar-refractivity contribution in [1.82, 2.24) is 4.98 Å². The van der Waals surface area contributed by atoms with Crippen molar-refractivity contribution in [3.8, 4) is 11.5 Å². The van der Waals surface area contributed by atoms with Crippen molar-refractivity contribution in [3.63, 3.8) is 0 Å². The van der Waals surface area contributed by atoms with Crippen LogP contribution in [0.25, 0.3) is 33.3 Å². The van der Waals surface area contributed by atoms with Gasteiger partial charge in [0.25, 0.3) is 10.0 Å². The Labute approximate surface area is 241 Å². The fourth-order valence-electron chi connectivity index (χ4n) is 5.04. The summed E-state index contributed by atoms with van der Waals surface area (Å²) in [5, 5.41) is -0.992. The van der Waals surface area contributed by atoms with Crippen LogP contribution in [0.4, 0.5) is 5.69 Å². The van der Waals surface area contributed by atoms with E-state index in [0.29, 0.717) is 21.9 Å². The van der Waals surface area contributed by atoms with E-state index in [1.807, 2.05) is 0 Å². The van der Waals surface area contributed by atoms with Gasteiger partial charge in [-0.1, -0.05) is 79.5 Å². The summed E-state index contributed by atoms with van der Waals surface area (Å²) in [4.78, 5) is 26.0. The van der Waals surface area contributed by atoms with Gasteiger partial charge in [-0.15, -0.1) is 0 Å². The minimum atomic E-state index is -5.16. The number of para-hydroxylation sites is 2. The molecule has 208 valence electrons. The maximum atomic E-state index is 14.7. The standard InChI is InChI=1S/C28H25Cl2N2O6PS/c1-3-28(4-2,39(33,34)35)32(40(36,37)21-16-19(29)15-20(30)17-21)26-22-10-6-5-9-18(22)13-14-23(26)27-31-24-11-7-8-12-25(24)38-27/h5-17H,3-4H2,1-2H3,(H2,33,34,35). The van der Waals surface area contributed by atoms with Crippen LogP contribution in [0.5, 0.6) is 0 Å². The third-order valence-corrected chi connectivity index (χ3v) is 11.4. The van der Waals surface area contributed by atoms with E-state index in [4.69, 9.17) is 27.6 Å². The van der Waals surface area contributed by atoms with Gasteiger partial charge >= 0.3 is 7.60 Å². The average molecular weight is 619 g/mol. The number of aromatic nitrogens is 1. The van der Waals surface area contributed by atoms with Crippen LogP contribution in [0.15, 0.2) is 88.2 Å². The summed E-state index contributed by atoms with van der Waals surface area (Å²) < 4.78 is 49.6. The molecule has 0 amide bonds. The number of hydrogen-bond acceptors (Lipinski definition) is 5. The quantitative estimate of drug-likeness (QED) is 0.170. The van der Waals surface area contributed by atoms with E-state index in [0.717, 1.165) is 4.31 Å². The fourth-order valence-corrected chi connectivity index (χ4v) is 9.40. The maximum absolute atomic E-state index is 14.7. The summed E-state index contributed by atoms with van der Waals surface area (Å²) in [5.74, 6) is 0.0955. The lowest BCUT2D eigenvalue weighted by Gasteiger charge is -2.44. The number of anilines is 1. The lowest BCUT2D eigenvalue weighted by Crippen LogP contribution is -2.51. The lowest BCUT2D eigenvalue weighted by atomic mass is 10.0. The highest BCUT2D eigenvalue weighted by Gasteiger charge is 2.55. The van der Waals surface area contributed by atoms with E-state index in [9.17, 15) is 22.8 Å². The molecule has 0 spiro atoms. The average Bonchev–Trinajstić information content (AvgIpc) is 3.34. The van der Waals surface area contributed by atoms with E-state index >= 15 is 0 Å². The van der Waals surface area contributed by atoms with Crippen LogP contribution in [0.2, 0.25) is 10.0 Å². The van der Waals surface area contributed by atoms with Crippen molar-refractivity contribution in [2.45, 2.75) is 36.9 Å².